The number of benzene rings is 2. The predicted octanol–water partition coefficient (Wildman–Crippen LogP) is 3.03. The molecule has 2 aromatic carbocycles. The molecule has 0 aliphatic carbocycles. The number of hydrogen-bond acceptors (Lipinski definition) is 4. The van der Waals surface area contributed by atoms with Gasteiger partial charge in [-0.15, -0.1) is 0 Å². The van der Waals surface area contributed by atoms with Gasteiger partial charge in [0, 0.05) is 11.6 Å². The first-order valence-corrected chi connectivity index (χ1v) is 10.4. The summed E-state index contributed by atoms with van der Waals surface area (Å²) in [5.41, 5.74) is 1.46. The Morgan fingerprint density at radius 2 is 1.93 bits per heavy atom. The zero-order valence-corrected chi connectivity index (χ0v) is 17.0. The molecule has 0 radical (unpaired) electrons. The van der Waals surface area contributed by atoms with E-state index in [0.29, 0.717) is 22.9 Å². The molecule has 0 fully saturated rings. The SMILES string of the molecule is CCOc1ccc(S(=O)(=O)N[C@H](C)C(=O)NCc2ccccc2Cl)cc1C. The molecule has 0 aliphatic rings. The molecule has 0 aliphatic heterocycles. The fourth-order valence-corrected chi connectivity index (χ4v) is 3.93. The van der Waals surface area contributed by atoms with Crippen LogP contribution in [0.15, 0.2) is 47.4 Å². The summed E-state index contributed by atoms with van der Waals surface area (Å²) in [6, 6.07) is 10.8. The highest BCUT2D eigenvalue weighted by atomic mass is 35.5. The summed E-state index contributed by atoms with van der Waals surface area (Å²) in [5, 5.41) is 3.22. The Morgan fingerprint density at radius 1 is 1.22 bits per heavy atom. The Kier molecular flexibility index (Phi) is 7.24. The van der Waals surface area contributed by atoms with Crippen molar-refractivity contribution in [3.05, 3.63) is 58.6 Å². The van der Waals surface area contributed by atoms with Gasteiger partial charge in [-0.3, -0.25) is 4.79 Å². The molecule has 8 heteroatoms. The van der Waals surface area contributed by atoms with Crippen molar-refractivity contribution in [1.82, 2.24) is 10.0 Å². The lowest BCUT2D eigenvalue weighted by molar-refractivity contribution is -0.122. The van der Waals surface area contributed by atoms with E-state index in [2.05, 4.69) is 10.0 Å². The smallest absolute Gasteiger partial charge is 0.241 e. The molecule has 2 rings (SSSR count). The van der Waals surface area contributed by atoms with Crippen LogP contribution >= 0.6 is 11.6 Å². The van der Waals surface area contributed by atoms with E-state index in [1.807, 2.05) is 13.0 Å². The fraction of sp³-hybridized carbons (Fsp3) is 0.316. The van der Waals surface area contributed by atoms with Crippen LogP contribution in [-0.2, 0) is 21.4 Å². The Hall–Kier alpha value is -2.09. The normalized spacial score (nSPS) is 12.4. The molecular weight excluding hydrogens is 388 g/mol. The molecule has 1 atom stereocenters. The van der Waals surface area contributed by atoms with Gasteiger partial charge in [-0.25, -0.2) is 8.42 Å². The number of hydrogen-bond donors (Lipinski definition) is 2. The van der Waals surface area contributed by atoms with Crippen molar-refractivity contribution in [3.63, 3.8) is 0 Å². The summed E-state index contributed by atoms with van der Waals surface area (Å²) in [7, 11) is -3.84. The third-order valence-electron chi connectivity index (χ3n) is 3.89. The van der Waals surface area contributed by atoms with Gasteiger partial charge in [-0.1, -0.05) is 29.8 Å². The standard InChI is InChI=1S/C19H23ClN2O4S/c1-4-26-18-10-9-16(11-13(18)2)27(24,25)22-14(3)19(23)21-12-15-7-5-6-8-17(15)20/h5-11,14,22H,4,12H2,1-3H3,(H,21,23)/t14-/m1/s1. The zero-order chi connectivity index (χ0) is 20.0. The minimum atomic E-state index is -3.84. The third kappa shape index (κ3) is 5.69. The second-order valence-corrected chi connectivity index (χ2v) is 8.13. The molecule has 0 bridgehead atoms. The number of carbonyl (C=O) groups is 1. The van der Waals surface area contributed by atoms with Gasteiger partial charge in [-0.05, 0) is 56.2 Å². The van der Waals surface area contributed by atoms with Gasteiger partial charge in [0.2, 0.25) is 15.9 Å². The highest BCUT2D eigenvalue weighted by Crippen LogP contribution is 2.22. The molecular formula is C19H23ClN2O4S. The van der Waals surface area contributed by atoms with Crippen molar-refractivity contribution in [2.45, 2.75) is 38.3 Å². The summed E-state index contributed by atoms with van der Waals surface area (Å²) >= 11 is 6.05. The van der Waals surface area contributed by atoms with Crippen LogP contribution < -0.4 is 14.8 Å². The van der Waals surface area contributed by atoms with E-state index in [0.717, 1.165) is 5.56 Å². The highest BCUT2D eigenvalue weighted by molar-refractivity contribution is 7.89. The number of amides is 1. The van der Waals surface area contributed by atoms with E-state index in [4.69, 9.17) is 16.3 Å². The van der Waals surface area contributed by atoms with Gasteiger partial charge in [0.05, 0.1) is 17.5 Å². The van der Waals surface area contributed by atoms with E-state index in [1.165, 1.54) is 19.1 Å². The molecule has 0 saturated carbocycles. The van der Waals surface area contributed by atoms with Crippen LogP contribution in [0, 0.1) is 6.92 Å². The minimum absolute atomic E-state index is 0.0780. The van der Waals surface area contributed by atoms with E-state index in [9.17, 15) is 13.2 Å². The number of rotatable bonds is 8. The maximum atomic E-state index is 12.5. The topological polar surface area (TPSA) is 84.5 Å². The summed E-state index contributed by atoms with van der Waals surface area (Å²) < 4.78 is 32.9. The Bertz CT molecular complexity index is 916. The van der Waals surface area contributed by atoms with E-state index >= 15 is 0 Å². The number of sulfonamides is 1. The van der Waals surface area contributed by atoms with Crippen molar-refractivity contribution in [1.29, 1.82) is 0 Å². The van der Waals surface area contributed by atoms with E-state index in [1.54, 1.807) is 31.2 Å². The summed E-state index contributed by atoms with van der Waals surface area (Å²) in [6.07, 6.45) is 0. The summed E-state index contributed by atoms with van der Waals surface area (Å²) in [5.74, 6) is 0.183. The molecule has 1 amide bonds. The largest absolute Gasteiger partial charge is 0.494 e. The van der Waals surface area contributed by atoms with Crippen LogP contribution in [0.3, 0.4) is 0 Å². The lowest BCUT2D eigenvalue weighted by Crippen LogP contribution is -2.44. The minimum Gasteiger partial charge on any atom is -0.494 e. The van der Waals surface area contributed by atoms with Crippen LogP contribution in [0.5, 0.6) is 5.75 Å². The van der Waals surface area contributed by atoms with Gasteiger partial charge >= 0.3 is 0 Å². The van der Waals surface area contributed by atoms with Gasteiger partial charge < -0.3 is 10.1 Å². The van der Waals surface area contributed by atoms with Crippen molar-refractivity contribution < 1.29 is 17.9 Å². The number of nitrogens with one attached hydrogen (secondary N) is 2. The summed E-state index contributed by atoms with van der Waals surface area (Å²) in [4.78, 5) is 12.3. The molecule has 146 valence electrons. The number of carbonyl (C=O) groups excluding carboxylic acids is 1. The van der Waals surface area contributed by atoms with Gasteiger partial charge in [0.15, 0.2) is 0 Å². The second-order valence-electron chi connectivity index (χ2n) is 6.01. The van der Waals surface area contributed by atoms with Crippen LogP contribution in [0.2, 0.25) is 5.02 Å². The van der Waals surface area contributed by atoms with Gasteiger partial charge in [0.1, 0.15) is 5.75 Å². The van der Waals surface area contributed by atoms with Crippen LogP contribution in [0.25, 0.3) is 0 Å². The Morgan fingerprint density at radius 3 is 2.56 bits per heavy atom. The summed E-state index contributed by atoms with van der Waals surface area (Å²) in [6.45, 7) is 5.82. The average Bonchev–Trinajstić information content (AvgIpc) is 2.62. The number of aryl methyl sites for hydroxylation is 1. The lowest BCUT2D eigenvalue weighted by atomic mass is 10.2. The zero-order valence-electron chi connectivity index (χ0n) is 15.5. The van der Waals surface area contributed by atoms with Crippen molar-refractivity contribution in [2.24, 2.45) is 0 Å². The van der Waals surface area contributed by atoms with Gasteiger partial charge in [-0.2, -0.15) is 4.72 Å². The molecule has 2 aromatic rings. The number of halogens is 1. The van der Waals surface area contributed by atoms with E-state index in [-0.39, 0.29) is 11.4 Å². The van der Waals surface area contributed by atoms with Crippen molar-refractivity contribution in [3.8, 4) is 5.75 Å². The van der Waals surface area contributed by atoms with Gasteiger partial charge in [0.25, 0.3) is 0 Å². The number of ether oxygens (including phenoxy) is 1. The first-order chi connectivity index (χ1) is 12.7. The molecule has 0 spiro atoms. The first kappa shape index (κ1) is 21.2. The molecule has 0 heterocycles. The molecule has 0 unspecified atom stereocenters. The molecule has 6 nitrogen and oxygen atoms in total. The van der Waals surface area contributed by atoms with Crippen molar-refractivity contribution >= 4 is 27.5 Å². The third-order valence-corrected chi connectivity index (χ3v) is 5.80. The monoisotopic (exact) mass is 410 g/mol. The Balaban J connectivity index is 2.02. The van der Waals surface area contributed by atoms with Crippen LogP contribution in [0.1, 0.15) is 25.0 Å². The second kappa shape index (κ2) is 9.21. The maximum Gasteiger partial charge on any atom is 0.241 e. The van der Waals surface area contributed by atoms with Crippen molar-refractivity contribution in [2.75, 3.05) is 6.61 Å². The predicted molar refractivity (Wildman–Crippen MR) is 105 cm³/mol. The molecule has 27 heavy (non-hydrogen) atoms. The van der Waals surface area contributed by atoms with E-state index < -0.39 is 22.0 Å². The van der Waals surface area contributed by atoms with Crippen LogP contribution in [0.4, 0.5) is 0 Å². The highest BCUT2D eigenvalue weighted by Gasteiger charge is 2.22. The lowest BCUT2D eigenvalue weighted by Gasteiger charge is -2.16. The Labute approximate surface area is 164 Å². The fourth-order valence-electron chi connectivity index (χ4n) is 2.44. The molecule has 0 aromatic heterocycles. The first-order valence-electron chi connectivity index (χ1n) is 8.51. The maximum absolute atomic E-state index is 12.5. The quantitative estimate of drug-likeness (QED) is 0.700. The average molecular weight is 411 g/mol. The van der Waals surface area contributed by atoms with Crippen LogP contribution in [-0.4, -0.2) is 27.0 Å². The molecule has 0 saturated heterocycles. The molecule has 2 N–H and O–H groups in total.